The number of furan rings is 2. The molecule has 2 heterocycles. The van der Waals surface area contributed by atoms with Crippen molar-refractivity contribution in [1.29, 1.82) is 0 Å². The Kier molecular flexibility index (Phi) is 8.08. The van der Waals surface area contributed by atoms with E-state index in [2.05, 4.69) is 42.9 Å². The van der Waals surface area contributed by atoms with Crippen molar-refractivity contribution < 1.29 is 23.5 Å². The molecular weight excluding hydrogens is 536 g/mol. The fourth-order valence-electron chi connectivity index (χ4n) is 2.60. The summed E-state index contributed by atoms with van der Waals surface area (Å²) in [6, 6.07) is 6.69. The number of benzene rings is 2. The van der Waals surface area contributed by atoms with Crippen molar-refractivity contribution in [3.05, 3.63) is 56.9 Å². The summed E-state index contributed by atoms with van der Waals surface area (Å²) in [6.07, 6.45) is 2.63. The maximum atomic E-state index is 11.5. The van der Waals surface area contributed by atoms with Gasteiger partial charge < -0.3 is 36.5 Å². The molecule has 9 nitrogen and oxygen atoms in total. The summed E-state index contributed by atoms with van der Waals surface area (Å²) in [6.45, 7) is 0. The van der Waals surface area contributed by atoms with E-state index in [1.807, 2.05) is 0 Å². The molecular formula is C20H20Br2N4O5. The molecule has 1 amide bonds. The van der Waals surface area contributed by atoms with E-state index in [0.717, 1.165) is 9.86 Å². The second-order valence-corrected chi connectivity index (χ2v) is 7.63. The number of nitrogen functional groups attached to an aromatic ring is 2. The maximum Gasteiger partial charge on any atom is 0.339 e. The van der Waals surface area contributed by atoms with Crippen molar-refractivity contribution in [2.24, 2.45) is 5.73 Å². The van der Waals surface area contributed by atoms with Gasteiger partial charge >= 0.3 is 5.97 Å². The standard InChI is InChI=1S/C10H9BrN2O2.C9H6BrNO3.CH5N/c1-13-10(14)6-4-15-9-3-8(12)7(11)2-5(6)9;10-6-1-4-5(9(12)13)3-14-8(4)2-7(6)11;1-2/h2-4H,12H2,1H3,(H,13,14);1-3H,11H2,(H,12,13);2H2,1H3. The van der Waals surface area contributed by atoms with Crippen LogP contribution in [-0.2, 0) is 0 Å². The number of halogens is 2. The average molecular weight is 556 g/mol. The van der Waals surface area contributed by atoms with E-state index in [-0.39, 0.29) is 11.5 Å². The van der Waals surface area contributed by atoms with Crippen molar-refractivity contribution in [3.63, 3.8) is 0 Å². The van der Waals surface area contributed by atoms with Gasteiger partial charge in [0.1, 0.15) is 29.3 Å². The first-order chi connectivity index (χ1) is 14.7. The van der Waals surface area contributed by atoms with Crippen molar-refractivity contribution in [2.45, 2.75) is 0 Å². The van der Waals surface area contributed by atoms with E-state index in [4.69, 9.17) is 25.4 Å². The fraction of sp³-hybridized carbons (Fsp3) is 0.100. The number of hydrogen-bond donors (Lipinski definition) is 5. The highest BCUT2D eigenvalue weighted by Gasteiger charge is 2.14. The molecule has 4 rings (SSSR count). The molecule has 0 aliphatic carbocycles. The summed E-state index contributed by atoms with van der Waals surface area (Å²) in [7, 11) is 3.08. The SMILES string of the molecule is CN.CNC(=O)c1coc2cc(N)c(Br)cc12.Nc1cc2occ(C(=O)O)c2cc1Br. The van der Waals surface area contributed by atoms with Gasteiger partial charge in [0, 0.05) is 50.3 Å². The molecule has 11 heteroatoms. The molecule has 0 saturated heterocycles. The Morgan fingerprint density at radius 2 is 1.29 bits per heavy atom. The summed E-state index contributed by atoms with van der Waals surface area (Å²) < 4.78 is 11.7. The van der Waals surface area contributed by atoms with Crippen LogP contribution in [-0.4, -0.2) is 31.1 Å². The Balaban J connectivity index is 0.000000204. The number of amides is 1. The monoisotopic (exact) mass is 554 g/mol. The number of nitrogens with two attached hydrogens (primary N) is 3. The molecule has 0 saturated carbocycles. The van der Waals surface area contributed by atoms with Crippen molar-refractivity contribution in [3.8, 4) is 0 Å². The largest absolute Gasteiger partial charge is 0.478 e. The highest BCUT2D eigenvalue weighted by Crippen LogP contribution is 2.30. The molecule has 2 aromatic heterocycles. The Hall–Kier alpha value is -3.02. The van der Waals surface area contributed by atoms with Gasteiger partial charge in [0.15, 0.2) is 0 Å². The highest BCUT2D eigenvalue weighted by atomic mass is 79.9. The quantitative estimate of drug-likeness (QED) is 0.229. The van der Waals surface area contributed by atoms with Crippen LogP contribution in [0.3, 0.4) is 0 Å². The summed E-state index contributed by atoms with van der Waals surface area (Å²) in [5, 5.41) is 12.7. The topological polar surface area (TPSA) is 171 Å². The van der Waals surface area contributed by atoms with Crippen molar-refractivity contribution in [1.82, 2.24) is 5.32 Å². The third-order valence-electron chi connectivity index (χ3n) is 4.09. The summed E-state index contributed by atoms with van der Waals surface area (Å²) >= 11 is 6.53. The van der Waals surface area contributed by atoms with Crippen LogP contribution in [0.15, 0.2) is 54.6 Å². The van der Waals surface area contributed by atoms with Gasteiger partial charge in [-0.1, -0.05) is 0 Å². The number of aromatic carboxylic acids is 1. The van der Waals surface area contributed by atoms with Crippen LogP contribution in [0.4, 0.5) is 11.4 Å². The first kappa shape index (κ1) is 24.3. The minimum atomic E-state index is -1.01. The summed E-state index contributed by atoms with van der Waals surface area (Å²) in [4.78, 5) is 22.2. The average Bonchev–Trinajstić information content (AvgIpc) is 3.34. The minimum Gasteiger partial charge on any atom is -0.478 e. The number of anilines is 2. The maximum absolute atomic E-state index is 11.5. The zero-order valence-electron chi connectivity index (χ0n) is 16.5. The van der Waals surface area contributed by atoms with Crippen LogP contribution < -0.4 is 22.5 Å². The van der Waals surface area contributed by atoms with Gasteiger partial charge in [-0.3, -0.25) is 4.79 Å². The molecule has 0 aliphatic rings. The lowest BCUT2D eigenvalue weighted by Crippen LogP contribution is -2.17. The van der Waals surface area contributed by atoms with Crippen LogP contribution >= 0.6 is 31.9 Å². The normalized spacial score (nSPS) is 10.1. The van der Waals surface area contributed by atoms with E-state index in [1.54, 1.807) is 31.3 Å². The number of carbonyl (C=O) groups is 2. The Bertz CT molecular complexity index is 1250. The molecule has 0 bridgehead atoms. The summed E-state index contributed by atoms with van der Waals surface area (Å²) in [5.41, 5.74) is 18.6. The van der Waals surface area contributed by atoms with Crippen LogP contribution in [0.1, 0.15) is 20.7 Å². The van der Waals surface area contributed by atoms with Crippen LogP contribution in [0.25, 0.3) is 21.9 Å². The smallest absolute Gasteiger partial charge is 0.339 e. The number of carboxylic acids is 1. The number of carbonyl (C=O) groups excluding carboxylic acids is 1. The fourth-order valence-corrected chi connectivity index (χ4v) is 3.29. The number of carboxylic acid groups (broad SMARTS) is 1. The molecule has 0 unspecified atom stereocenters. The van der Waals surface area contributed by atoms with Crippen LogP contribution in [0, 0.1) is 0 Å². The predicted molar refractivity (Wildman–Crippen MR) is 127 cm³/mol. The lowest BCUT2D eigenvalue weighted by Gasteiger charge is -1.99. The van der Waals surface area contributed by atoms with E-state index in [9.17, 15) is 9.59 Å². The first-order valence-corrected chi connectivity index (χ1v) is 10.3. The van der Waals surface area contributed by atoms with Gasteiger partial charge in [0.05, 0.1) is 5.56 Å². The lowest BCUT2D eigenvalue weighted by molar-refractivity contribution is 0.0697. The summed E-state index contributed by atoms with van der Waals surface area (Å²) in [5.74, 6) is -1.19. The number of rotatable bonds is 2. The minimum absolute atomic E-state index is 0.140. The zero-order chi connectivity index (χ0) is 23.3. The molecule has 0 spiro atoms. The molecule has 0 aliphatic heterocycles. The second-order valence-electron chi connectivity index (χ2n) is 5.92. The third kappa shape index (κ3) is 5.19. The molecule has 0 fully saturated rings. The molecule has 0 radical (unpaired) electrons. The van der Waals surface area contributed by atoms with Crippen molar-refractivity contribution in [2.75, 3.05) is 25.6 Å². The molecule has 31 heavy (non-hydrogen) atoms. The molecule has 4 aromatic rings. The Morgan fingerprint density at radius 3 is 1.71 bits per heavy atom. The van der Waals surface area contributed by atoms with Gasteiger partial charge in [0.25, 0.3) is 5.91 Å². The molecule has 8 N–H and O–H groups in total. The second kappa shape index (κ2) is 10.3. The van der Waals surface area contributed by atoms with Crippen LogP contribution in [0.5, 0.6) is 0 Å². The van der Waals surface area contributed by atoms with Gasteiger partial charge in [0.2, 0.25) is 0 Å². The Labute approximate surface area is 193 Å². The van der Waals surface area contributed by atoms with Gasteiger partial charge in [-0.25, -0.2) is 4.79 Å². The Morgan fingerprint density at radius 1 is 0.871 bits per heavy atom. The third-order valence-corrected chi connectivity index (χ3v) is 5.46. The van der Waals surface area contributed by atoms with E-state index in [1.165, 1.54) is 19.6 Å². The number of nitrogens with one attached hydrogen (secondary N) is 1. The van der Waals surface area contributed by atoms with Gasteiger partial charge in [-0.05, 0) is 51.0 Å². The van der Waals surface area contributed by atoms with E-state index in [0.29, 0.717) is 38.0 Å². The molecule has 0 atom stereocenters. The van der Waals surface area contributed by atoms with Crippen LogP contribution in [0.2, 0.25) is 0 Å². The zero-order valence-corrected chi connectivity index (χ0v) is 19.7. The molecule has 164 valence electrons. The van der Waals surface area contributed by atoms with Crippen molar-refractivity contribution >= 4 is 77.0 Å². The van der Waals surface area contributed by atoms with E-state index < -0.39 is 5.97 Å². The van der Waals surface area contributed by atoms with Gasteiger partial charge in [-0.2, -0.15) is 0 Å². The predicted octanol–water partition coefficient (Wildman–Crippen LogP) is 4.19. The molecule has 2 aromatic carbocycles. The van der Waals surface area contributed by atoms with E-state index >= 15 is 0 Å². The van der Waals surface area contributed by atoms with Gasteiger partial charge in [-0.15, -0.1) is 0 Å². The number of hydrogen-bond acceptors (Lipinski definition) is 7. The lowest BCUT2D eigenvalue weighted by atomic mass is 10.1. The highest BCUT2D eigenvalue weighted by molar-refractivity contribution is 9.11. The first-order valence-electron chi connectivity index (χ1n) is 8.68. The number of fused-ring (bicyclic) bond motifs is 2.